The van der Waals surface area contributed by atoms with Crippen LogP contribution in [0.2, 0.25) is 0 Å². The van der Waals surface area contributed by atoms with Gasteiger partial charge in [-0.1, -0.05) is 6.07 Å². The summed E-state index contributed by atoms with van der Waals surface area (Å²) in [6.07, 6.45) is 6.51. The van der Waals surface area contributed by atoms with E-state index >= 15 is 0 Å². The third-order valence-electron chi connectivity index (χ3n) is 3.71. The summed E-state index contributed by atoms with van der Waals surface area (Å²) < 4.78 is 0. The van der Waals surface area contributed by atoms with Crippen LogP contribution in [0, 0.1) is 11.8 Å². The summed E-state index contributed by atoms with van der Waals surface area (Å²) in [6, 6.07) is 5.28. The first kappa shape index (κ1) is 10.4. The molecule has 0 aliphatic heterocycles. The molecule has 3 rings (SSSR count). The van der Waals surface area contributed by atoms with Gasteiger partial charge in [0.1, 0.15) is 5.69 Å². The lowest BCUT2D eigenvalue weighted by molar-refractivity contribution is 0.0949. The van der Waals surface area contributed by atoms with E-state index in [0.29, 0.717) is 11.6 Å². The first-order chi connectivity index (χ1) is 8.33. The Hall–Kier alpha value is -1.71. The van der Waals surface area contributed by atoms with Gasteiger partial charge < -0.3 is 0 Å². The zero-order valence-electron chi connectivity index (χ0n) is 9.60. The highest BCUT2D eigenvalue weighted by Gasteiger charge is 2.36. The summed E-state index contributed by atoms with van der Waals surface area (Å²) in [5.41, 5.74) is 4.20. The summed E-state index contributed by atoms with van der Waals surface area (Å²) in [5, 5.41) is 4.26. The Morgan fingerprint density at radius 2 is 2.35 bits per heavy atom. The molecule has 2 bridgehead atoms. The molecule has 2 fully saturated rings. The minimum absolute atomic E-state index is 0.221. The molecule has 4 heteroatoms. The number of nitrogens with zero attached hydrogens (tertiary/aromatic N) is 2. The minimum atomic E-state index is -0.221. The standard InChI is InChI=1S/C13H15N3O/c17-13(11-3-1-2-6-14-11)16-15-12-8-9-4-5-10(12)7-9/h1-3,6,9-10H,4-5,7-8H2,(H,16,17)/b15-12+. The van der Waals surface area contributed by atoms with Crippen LogP contribution in [0.15, 0.2) is 29.5 Å². The van der Waals surface area contributed by atoms with Crippen LogP contribution in [-0.4, -0.2) is 16.6 Å². The summed E-state index contributed by atoms with van der Waals surface area (Å²) >= 11 is 0. The second kappa shape index (κ2) is 4.28. The van der Waals surface area contributed by atoms with Crippen molar-refractivity contribution >= 4 is 11.6 Å². The maximum Gasteiger partial charge on any atom is 0.289 e. The number of hydrogen-bond acceptors (Lipinski definition) is 3. The van der Waals surface area contributed by atoms with Gasteiger partial charge >= 0.3 is 0 Å². The van der Waals surface area contributed by atoms with Gasteiger partial charge in [0.2, 0.25) is 0 Å². The highest BCUT2D eigenvalue weighted by atomic mass is 16.2. The number of amides is 1. The van der Waals surface area contributed by atoms with Gasteiger partial charge in [-0.05, 0) is 49.7 Å². The van der Waals surface area contributed by atoms with E-state index in [-0.39, 0.29) is 5.91 Å². The molecule has 1 amide bonds. The van der Waals surface area contributed by atoms with E-state index in [1.165, 1.54) is 25.0 Å². The fourth-order valence-electron chi connectivity index (χ4n) is 2.84. The molecule has 0 spiro atoms. The number of fused-ring (bicyclic) bond motifs is 2. The monoisotopic (exact) mass is 229 g/mol. The number of rotatable bonds is 2. The molecule has 0 radical (unpaired) electrons. The normalized spacial score (nSPS) is 28.6. The molecule has 2 atom stereocenters. The molecule has 1 N–H and O–H groups in total. The largest absolute Gasteiger partial charge is 0.289 e. The molecule has 0 aromatic carbocycles. The minimum Gasteiger partial charge on any atom is -0.266 e. The van der Waals surface area contributed by atoms with E-state index in [2.05, 4.69) is 15.5 Å². The molecule has 1 heterocycles. The maximum absolute atomic E-state index is 11.7. The van der Waals surface area contributed by atoms with Gasteiger partial charge in [-0.2, -0.15) is 5.10 Å². The smallest absolute Gasteiger partial charge is 0.266 e. The summed E-state index contributed by atoms with van der Waals surface area (Å²) in [6.45, 7) is 0. The van der Waals surface area contributed by atoms with Crippen LogP contribution in [0.5, 0.6) is 0 Å². The van der Waals surface area contributed by atoms with Gasteiger partial charge in [0.05, 0.1) is 0 Å². The van der Waals surface area contributed by atoms with Crippen LogP contribution in [-0.2, 0) is 0 Å². The van der Waals surface area contributed by atoms with E-state index in [0.717, 1.165) is 12.3 Å². The van der Waals surface area contributed by atoms with Crippen molar-refractivity contribution in [3.8, 4) is 0 Å². The van der Waals surface area contributed by atoms with Crippen molar-refractivity contribution in [3.05, 3.63) is 30.1 Å². The molecule has 2 saturated carbocycles. The second-order valence-corrected chi connectivity index (χ2v) is 4.84. The van der Waals surface area contributed by atoms with Crippen LogP contribution in [0.4, 0.5) is 0 Å². The first-order valence-corrected chi connectivity index (χ1v) is 6.11. The molecule has 1 aromatic heterocycles. The van der Waals surface area contributed by atoms with Crippen molar-refractivity contribution in [2.24, 2.45) is 16.9 Å². The van der Waals surface area contributed by atoms with Crippen molar-refractivity contribution in [1.82, 2.24) is 10.4 Å². The fraction of sp³-hybridized carbons (Fsp3) is 0.462. The van der Waals surface area contributed by atoms with Crippen molar-refractivity contribution in [3.63, 3.8) is 0 Å². The van der Waals surface area contributed by atoms with Gasteiger partial charge in [0.25, 0.3) is 5.91 Å². The Bertz CT molecular complexity index is 455. The summed E-state index contributed by atoms with van der Waals surface area (Å²) in [5.74, 6) is 1.20. The maximum atomic E-state index is 11.7. The quantitative estimate of drug-likeness (QED) is 0.788. The van der Waals surface area contributed by atoms with Gasteiger partial charge in [-0.25, -0.2) is 5.43 Å². The lowest BCUT2D eigenvalue weighted by Gasteiger charge is -2.11. The number of pyridine rings is 1. The number of aromatic nitrogens is 1. The topological polar surface area (TPSA) is 54.4 Å². The molecule has 2 aliphatic carbocycles. The predicted molar refractivity (Wildman–Crippen MR) is 64.6 cm³/mol. The molecule has 2 unspecified atom stereocenters. The third-order valence-corrected chi connectivity index (χ3v) is 3.71. The average Bonchev–Trinajstić information content (AvgIpc) is 2.99. The molecule has 88 valence electrons. The molecule has 17 heavy (non-hydrogen) atoms. The average molecular weight is 229 g/mol. The van der Waals surface area contributed by atoms with Crippen LogP contribution in [0.3, 0.4) is 0 Å². The van der Waals surface area contributed by atoms with E-state index < -0.39 is 0 Å². The van der Waals surface area contributed by atoms with E-state index in [1.54, 1.807) is 24.4 Å². The number of carbonyl (C=O) groups is 1. The van der Waals surface area contributed by atoms with Crippen LogP contribution < -0.4 is 5.43 Å². The zero-order valence-corrected chi connectivity index (χ0v) is 9.60. The Labute approximate surface area is 100 Å². The van der Waals surface area contributed by atoms with Crippen molar-refractivity contribution in [2.45, 2.75) is 25.7 Å². The first-order valence-electron chi connectivity index (χ1n) is 6.11. The zero-order chi connectivity index (χ0) is 11.7. The molecule has 1 aromatic rings. The molecule has 2 aliphatic rings. The SMILES string of the molecule is O=C(N/N=C1\CC2CCC1C2)c1ccccn1. The van der Waals surface area contributed by atoms with E-state index in [9.17, 15) is 4.79 Å². The number of nitrogens with one attached hydrogen (secondary N) is 1. The van der Waals surface area contributed by atoms with E-state index in [1.807, 2.05) is 0 Å². The molecule has 0 saturated heterocycles. The predicted octanol–water partition coefficient (Wildman–Crippen LogP) is 1.99. The number of carbonyl (C=O) groups excluding carboxylic acids is 1. The lowest BCUT2D eigenvalue weighted by atomic mass is 9.99. The Balaban J connectivity index is 1.65. The number of hydrazone groups is 1. The molecular weight excluding hydrogens is 214 g/mol. The number of hydrogen-bond donors (Lipinski definition) is 1. The van der Waals surface area contributed by atoms with Crippen molar-refractivity contribution in [1.29, 1.82) is 0 Å². The van der Waals surface area contributed by atoms with Crippen LogP contribution in [0.25, 0.3) is 0 Å². The van der Waals surface area contributed by atoms with Gasteiger partial charge in [0, 0.05) is 11.9 Å². The van der Waals surface area contributed by atoms with Gasteiger partial charge in [-0.3, -0.25) is 9.78 Å². The van der Waals surface area contributed by atoms with Crippen molar-refractivity contribution in [2.75, 3.05) is 0 Å². The van der Waals surface area contributed by atoms with Crippen molar-refractivity contribution < 1.29 is 4.79 Å². The fourth-order valence-corrected chi connectivity index (χ4v) is 2.84. The van der Waals surface area contributed by atoms with Gasteiger partial charge in [-0.15, -0.1) is 0 Å². The van der Waals surface area contributed by atoms with Crippen LogP contribution >= 0.6 is 0 Å². The van der Waals surface area contributed by atoms with Gasteiger partial charge in [0.15, 0.2) is 0 Å². The van der Waals surface area contributed by atoms with Crippen LogP contribution in [0.1, 0.15) is 36.2 Å². The Morgan fingerprint density at radius 1 is 1.41 bits per heavy atom. The third kappa shape index (κ3) is 2.07. The summed E-state index contributed by atoms with van der Waals surface area (Å²) in [7, 11) is 0. The second-order valence-electron chi connectivity index (χ2n) is 4.84. The highest BCUT2D eigenvalue weighted by molar-refractivity contribution is 5.95. The lowest BCUT2D eigenvalue weighted by Crippen LogP contribution is -2.22. The Morgan fingerprint density at radius 3 is 3.00 bits per heavy atom. The highest BCUT2D eigenvalue weighted by Crippen LogP contribution is 2.42. The Kier molecular flexibility index (Phi) is 2.63. The van der Waals surface area contributed by atoms with E-state index in [4.69, 9.17) is 0 Å². The molecule has 4 nitrogen and oxygen atoms in total. The summed E-state index contributed by atoms with van der Waals surface area (Å²) in [4.78, 5) is 15.7. The molecular formula is C13H15N3O.